The molecule has 19 heavy (non-hydrogen) atoms. The molecule has 0 bridgehead atoms. The number of pyridine rings is 1. The van der Waals surface area contributed by atoms with Gasteiger partial charge in [0.25, 0.3) is 0 Å². The van der Waals surface area contributed by atoms with Crippen molar-refractivity contribution in [1.29, 1.82) is 0 Å². The van der Waals surface area contributed by atoms with Crippen molar-refractivity contribution >= 4 is 0 Å². The van der Waals surface area contributed by atoms with E-state index < -0.39 is 0 Å². The van der Waals surface area contributed by atoms with Gasteiger partial charge < -0.3 is 4.74 Å². The topological polar surface area (TPSA) is 60.2 Å². The third-order valence-electron chi connectivity index (χ3n) is 3.63. The summed E-state index contributed by atoms with van der Waals surface area (Å²) in [7, 11) is 0. The van der Waals surface area contributed by atoms with Gasteiger partial charge in [0.15, 0.2) is 0 Å². The smallest absolute Gasteiger partial charge is 0.0646 e. The van der Waals surface area contributed by atoms with Gasteiger partial charge in [-0.3, -0.25) is 16.3 Å². The Kier molecular flexibility index (Phi) is 4.55. The zero-order chi connectivity index (χ0) is 13.9. The fourth-order valence-electron chi connectivity index (χ4n) is 2.66. The number of nitrogens with two attached hydrogens (primary N) is 1. The number of nitrogens with one attached hydrogen (secondary N) is 1. The van der Waals surface area contributed by atoms with E-state index in [0.29, 0.717) is 12.5 Å². The van der Waals surface area contributed by atoms with Gasteiger partial charge in [0, 0.05) is 17.8 Å². The average Bonchev–Trinajstić information content (AvgIpc) is 2.38. The Hall–Kier alpha value is -0.970. The number of nitrogens with zero attached hydrogens (tertiary/aromatic N) is 1. The van der Waals surface area contributed by atoms with Crippen LogP contribution in [0.15, 0.2) is 18.3 Å². The van der Waals surface area contributed by atoms with Crippen molar-refractivity contribution in [3.05, 3.63) is 29.6 Å². The standard InChI is InChI=1S/C15H25N3O/c1-15(2,3)19-10-13(18-16)12-8-4-6-11-7-5-9-17-14(11)12/h5,7,9,12-13,18H,4,6,8,10,16H2,1-3H3. The molecule has 0 amide bonds. The monoisotopic (exact) mass is 263 g/mol. The van der Waals surface area contributed by atoms with Crippen LogP contribution in [0.1, 0.15) is 50.8 Å². The van der Waals surface area contributed by atoms with Crippen molar-refractivity contribution in [3.63, 3.8) is 0 Å². The molecular weight excluding hydrogens is 238 g/mol. The van der Waals surface area contributed by atoms with E-state index in [9.17, 15) is 0 Å². The summed E-state index contributed by atoms with van der Waals surface area (Å²) in [6, 6.07) is 4.30. The molecule has 0 spiro atoms. The van der Waals surface area contributed by atoms with Gasteiger partial charge in [0.2, 0.25) is 0 Å². The molecule has 4 nitrogen and oxygen atoms in total. The van der Waals surface area contributed by atoms with Crippen LogP contribution in [0, 0.1) is 0 Å². The lowest BCUT2D eigenvalue weighted by Crippen LogP contribution is -2.45. The van der Waals surface area contributed by atoms with Crippen molar-refractivity contribution in [2.75, 3.05) is 6.61 Å². The number of rotatable bonds is 4. The zero-order valence-corrected chi connectivity index (χ0v) is 12.1. The highest BCUT2D eigenvalue weighted by molar-refractivity contribution is 5.27. The molecule has 1 aliphatic rings. The number of fused-ring (bicyclic) bond motifs is 1. The molecule has 2 rings (SSSR count). The average molecular weight is 263 g/mol. The summed E-state index contributed by atoms with van der Waals surface area (Å²) in [5, 5.41) is 0. The lowest BCUT2D eigenvalue weighted by molar-refractivity contribution is -0.0187. The molecule has 0 aliphatic heterocycles. The van der Waals surface area contributed by atoms with Crippen molar-refractivity contribution in [2.24, 2.45) is 5.84 Å². The van der Waals surface area contributed by atoms with E-state index >= 15 is 0 Å². The van der Waals surface area contributed by atoms with E-state index in [0.717, 1.165) is 12.8 Å². The fraction of sp³-hybridized carbons (Fsp3) is 0.667. The van der Waals surface area contributed by atoms with Gasteiger partial charge in [0.05, 0.1) is 18.2 Å². The van der Waals surface area contributed by atoms with E-state index in [1.165, 1.54) is 17.7 Å². The Balaban J connectivity index is 2.11. The summed E-state index contributed by atoms with van der Waals surface area (Å²) in [5.74, 6) is 6.08. The minimum absolute atomic E-state index is 0.119. The van der Waals surface area contributed by atoms with Crippen LogP contribution in [-0.4, -0.2) is 23.2 Å². The van der Waals surface area contributed by atoms with Gasteiger partial charge in [0.1, 0.15) is 0 Å². The first-order valence-electron chi connectivity index (χ1n) is 7.05. The highest BCUT2D eigenvalue weighted by atomic mass is 16.5. The van der Waals surface area contributed by atoms with E-state index in [1.807, 2.05) is 12.3 Å². The Morgan fingerprint density at radius 2 is 2.32 bits per heavy atom. The molecule has 0 fully saturated rings. The lowest BCUT2D eigenvalue weighted by atomic mass is 9.82. The second-order valence-electron chi connectivity index (χ2n) is 6.24. The van der Waals surface area contributed by atoms with Gasteiger partial charge in [-0.1, -0.05) is 6.07 Å². The van der Waals surface area contributed by atoms with Crippen LogP contribution in [0.5, 0.6) is 0 Å². The SMILES string of the molecule is CC(C)(C)OCC(NN)C1CCCc2cccnc21. The molecule has 2 unspecified atom stereocenters. The number of hydrogen-bond donors (Lipinski definition) is 2. The summed E-state index contributed by atoms with van der Waals surface area (Å²) in [5.41, 5.74) is 5.32. The van der Waals surface area contributed by atoms with Crippen molar-refractivity contribution in [2.45, 2.75) is 57.6 Å². The van der Waals surface area contributed by atoms with Crippen LogP contribution in [0.2, 0.25) is 0 Å². The first-order chi connectivity index (χ1) is 9.01. The van der Waals surface area contributed by atoms with E-state index in [-0.39, 0.29) is 11.6 Å². The number of aryl methyl sites for hydroxylation is 1. The summed E-state index contributed by atoms with van der Waals surface area (Å²) >= 11 is 0. The number of hydrazine groups is 1. The van der Waals surface area contributed by atoms with Crippen LogP contribution >= 0.6 is 0 Å². The van der Waals surface area contributed by atoms with Gasteiger partial charge in [-0.25, -0.2) is 0 Å². The molecule has 0 aromatic carbocycles. The molecule has 2 atom stereocenters. The van der Waals surface area contributed by atoms with Crippen LogP contribution in [0.25, 0.3) is 0 Å². The first-order valence-corrected chi connectivity index (χ1v) is 7.05. The maximum atomic E-state index is 5.88. The fourth-order valence-corrected chi connectivity index (χ4v) is 2.66. The molecule has 1 heterocycles. The quantitative estimate of drug-likeness (QED) is 0.645. The predicted molar refractivity (Wildman–Crippen MR) is 76.7 cm³/mol. The van der Waals surface area contributed by atoms with Gasteiger partial charge in [-0.2, -0.15) is 0 Å². The summed E-state index contributed by atoms with van der Waals surface area (Å²) in [4.78, 5) is 4.56. The molecule has 3 N–H and O–H groups in total. The minimum atomic E-state index is -0.142. The molecule has 0 saturated carbocycles. The summed E-state index contributed by atoms with van der Waals surface area (Å²) in [6.45, 7) is 6.80. The maximum Gasteiger partial charge on any atom is 0.0646 e. The minimum Gasteiger partial charge on any atom is -0.374 e. The van der Waals surface area contributed by atoms with Crippen LogP contribution in [0.3, 0.4) is 0 Å². The van der Waals surface area contributed by atoms with Gasteiger partial charge in [-0.05, 0) is 51.7 Å². The van der Waals surface area contributed by atoms with Gasteiger partial charge in [-0.15, -0.1) is 0 Å². The lowest BCUT2D eigenvalue weighted by Gasteiger charge is -2.32. The molecule has 1 aliphatic carbocycles. The summed E-state index contributed by atoms with van der Waals surface area (Å²) < 4.78 is 5.88. The molecule has 1 aromatic rings. The van der Waals surface area contributed by atoms with Crippen molar-refractivity contribution < 1.29 is 4.74 Å². The molecular formula is C15H25N3O. The van der Waals surface area contributed by atoms with Crippen LogP contribution in [0.4, 0.5) is 0 Å². The zero-order valence-electron chi connectivity index (χ0n) is 12.1. The second kappa shape index (κ2) is 5.99. The normalized spacial score (nSPS) is 20.9. The maximum absolute atomic E-state index is 5.88. The second-order valence-corrected chi connectivity index (χ2v) is 6.24. The number of hydrogen-bond acceptors (Lipinski definition) is 4. The van der Waals surface area contributed by atoms with E-state index in [1.54, 1.807) is 0 Å². The van der Waals surface area contributed by atoms with Crippen LogP contribution in [-0.2, 0) is 11.2 Å². The third kappa shape index (κ3) is 3.75. The number of ether oxygens (including phenoxy) is 1. The Labute approximate surface area is 115 Å². The molecule has 4 heteroatoms. The molecule has 0 radical (unpaired) electrons. The van der Waals surface area contributed by atoms with Crippen LogP contribution < -0.4 is 11.3 Å². The first kappa shape index (κ1) is 14.4. The number of aromatic nitrogens is 1. The molecule has 1 aromatic heterocycles. The Morgan fingerprint density at radius 1 is 1.53 bits per heavy atom. The Bertz CT molecular complexity index is 414. The predicted octanol–water partition coefficient (Wildman–Crippen LogP) is 2.15. The van der Waals surface area contributed by atoms with E-state index in [2.05, 4.69) is 37.2 Å². The van der Waals surface area contributed by atoms with Crippen molar-refractivity contribution in [3.8, 4) is 0 Å². The molecule has 0 saturated heterocycles. The Morgan fingerprint density at radius 3 is 3.00 bits per heavy atom. The van der Waals surface area contributed by atoms with Crippen molar-refractivity contribution in [1.82, 2.24) is 10.4 Å². The highest BCUT2D eigenvalue weighted by Gasteiger charge is 2.29. The third-order valence-corrected chi connectivity index (χ3v) is 3.63. The van der Waals surface area contributed by atoms with E-state index in [4.69, 9.17) is 10.6 Å². The summed E-state index contributed by atoms with van der Waals surface area (Å²) in [6.07, 6.45) is 5.30. The molecule has 106 valence electrons. The van der Waals surface area contributed by atoms with Gasteiger partial charge >= 0.3 is 0 Å². The highest BCUT2D eigenvalue weighted by Crippen LogP contribution is 2.32. The largest absolute Gasteiger partial charge is 0.374 e.